The van der Waals surface area contributed by atoms with E-state index in [0.29, 0.717) is 17.5 Å². The first-order valence-corrected chi connectivity index (χ1v) is 26.9. The van der Waals surface area contributed by atoms with E-state index in [4.69, 9.17) is 14.4 Å². The molecule has 0 saturated carbocycles. The van der Waals surface area contributed by atoms with E-state index < -0.39 is 13.3 Å². The van der Waals surface area contributed by atoms with E-state index in [1.54, 1.807) is 4.40 Å². The van der Waals surface area contributed by atoms with Gasteiger partial charge in [-0.15, -0.1) is 18.2 Å². The molecule has 0 aliphatic rings. The van der Waals surface area contributed by atoms with Crippen LogP contribution in [0.15, 0.2) is 108 Å². The second-order valence-corrected chi connectivity index (χ2v) is 27.5. The molecule has 4 aromatic heterocycles. The molecule has 4 nitrogen and oxygen atoms in total. The van der Waals surface area contributed by atoms with Crippen molar-refractivity contribution in [1.82, 2.24) is 15.0 Å². The van der Waals surface area contributed by atoms with E-state index in [-0.39, 0.29) is 25.5 Å². The molecule has 55 heavy (non-hydrogen) atoms. The molecule has 287 valence electrons. The first-order valence-electron chi connectivity index (χ1n) is 19.5. The van der Waals surface area contributed by atoms with Crippen LogP contribution in [0.2, 0.25) is 17.3 Å². The number of aromatic nitrogens is 3. The smallest absolute Gasteiger partial charge is 0.216 e. The molecule has 0 aliphatic heterocycles. The first kappa shape index (κ1) is 42.2. The molecule has 6 heteroatoms. The van der Waals surface area contributed by atoms with Crippen LogP contribution in [0, 0.1) is 18.1 Å². The van der Waals surface area contributed by atoms with Crippen LogP contribution in [0.4, 0.5) is 0 Å². The summed E-state index contributed by atoms with van der Waals surface area (Å²) in [4.78, 5) is 14.2. The molecule has 0 atom stereocenters. The Kier molecular flexibility index (Phi) is 13.8. The summed E-state index contributed by atoms with van der Waals surface area (Å²) in [5, 5.41) is 2.05. The van der Waals surface area contributed by atoms with Gasteiger partial charge in [-0.1, -0.05) is 66.8 Å². The van der Waals surface area contributed by atoms with E-state index in [1.807, 2.05) is 42.6 Å². The van der Waals surface area contributed by atoms with E-state index in [1.165, 1.54) is 16.7 Å². The molecule has 0 N–H and O–H groups in total. The normalized spacial score (nSPS) is 11.9. The van der Waals surface area contributed by atoms with Crippen molar-refractivity contribution in [3.05, 3.63) is 132 Å². The van der Waals surface area contributed by atoms with Gasteiger partial charge in [-0.2, -0.15) is 0 Å². The van der Waals surface area contributed by atoms with Gasteiger partial charge < -0.3 is 9.40 Å². The first-order chi connectivity index (χ1) is 25.8. The van der Waals surface area contributed by atoms with Gasteiger partial charge in [0.15, 0.2) is 0 Å². The maximum Gasteiger partial charge on any atom is 0.216 e. The average molecular weight is 967 g/mol. The van der Waals surface area contributed by atoms with Crippen LogP contribution in [0.3, 0.4) is 0 Å². The Morgan fingerprint density at radius 2 is 1.49 bits per heavy atom. The van der Waals surface area contributed by atoms with Crippen LogP contribution in [0.1, 0.15) is 83.9 Å². The molecule has 0 spiro atoms. The minimum absolute atomic E-state index is 0. The van der Waals surface area contributed by atoms with Gasteiger partial charge >= 0.3 is 151 Å². The molecule has 0 fully saturated rings. The Balaban J connectivity index is 0.000000213. The quantitative estimate of drug-likeness (QED) is 0.107. The summed E-state index contributed by atoms with van der Waals surface area (Å²) in [6.07, 6.45) is 7.41. The summed E-state index contributed by atoms with van der Waals surface area (Å²) in [6.45, 7) is 15.8. The van der Waals surface area contributed by atoms with Gasteiger partial charge in [-0.25, -0.2) is 4.98 Å². The third-order valence-electron chi connectivity index (χ3n) is 10.2. The largest absolute Gasteiger partial charge is 0.486 e. The monoisotopic (exact) mass is 968 g/mol. The molecule has 1 radical (unpaired) electrons. The Morgan fingerprint density at radius 3 is 2.16 bits per heavy atom. The van der Waals surface area contributed by atoms with Gasteiger partial charge in [0.2, 0.25) is 5.71 Å². The minimum Gasteiger partial charge on any atom is -0.486 e. The minimum atomic E-state index is -1.91. The second-order valence-electron chi connectivity index (χ2n) is 16.9. The zero-order valence-corrected chi connectivity index (χ0v) is 38.7. The van der Waals surface area contributed by atoms with Crippen molar-refractivity contribution >= 4 is 39.7 Å². The van der Waals surface area contributed by atoms with Crippen molar-refractivity contribution in [1.29, 1.82) is 0 Å². The van der Waals surface area contributed by atoms with E-state index in [2.05, 4.69) is 144 Å². The van der Waals surface area contributed by atoms with E-state index in [0.717, 1.165) is 69.4 Å². The number of pyridine rings is 3. The molecule has 0 bridgehead atoms. The summed E-state index contributed by atoms with van der Waals surface area (Å²) in [5.74, 6) is 8.55. The molecule has 0 saturated heterocycles. The van der Waals surface area contributed by atoms with Crippen molar-refractivity contribution in [2.45, 2.75) is 96.3 Å². The Labute approximate surface area is 345 Å². The number of hydrogen-bond acceptors (Lipinski definition) is 4. The number of hydrogen-bond donors (Lipinski definition) is 0. The third kappa shape index (κ3) is 9.92. The van der Waals surface area contributed by atoms with Crippen molar-refractivity contribution in [2.75, 3.05) is 0 Å². The van der Waals surface area contributed by atoms with Gasteiger partial charge in [0.1, 0.15) is 0 Å². The SMILES string of the molecule is CC(C)Cc1cc(-c2[c-]ccc(C(C)(C)C)c2)nc[c]1[Ge]([CH3])([CH3])[CH3].CCC(CC)c1ccnc(-c2[c-]ccc3c2oc2nc(-c4ccccc4)ccc23)c1.[Ir]. The molecule has 3 aromatic carbocycles. The Morgan fingerprint density at radius 1 is 0.764 bits per heavy atom. The number of fused-ring (bicyclic) bond motifs is 3. The molecule has 4 heterocycles. The molecule has 0 unspecified atom stereocenters. The van der Waals surface area contributed by atoms with Gasteiger partial charge in [0.05, 0.1) is 11.3 Å². The van der Waals surface area contributed by atoms with Crippen LogP contribution >= 0.6 is 0 Å². The second kappa shape index (κ2) is 17.9. The third-order valence-corrected chi connectivity index (χ3v) is 14.6. The van der Waals surface area contributed by atoms with Crippen LogP contribution in [-0.4, -0.2) is 28.2 Å². The summed E-state index contributed by atoms with van der Waals surface area (Å²) in [7, 11) is 0. The van der Waals surface area contributed by atoms with Gasteiger partial charge in [-0.05, 0) is 42.7 Å². The van der Waals surface area contributed by atoms with Crippen LogP contribution < -0.4 is 4.40 Å². The topological polar surface area (TPSA) is 51.8 Å². The molecule has 7 aromatic rings. The molecule has 0 aliphatic carbocycles. The molecular weight excluding hydrogens is 911 g/mol. The van der Waals surface area contributed by atoms with Crippen LogP contribution in [0.25, 0.3) is 55.8 Å². The fraction of sp³-hybridized carbons (Fsp3) is 0.327. The number of rotatable bonds is 9. The zero-order valence-electron chi connectivity index (χ0n) is 34.2. The molecule has 7 rings (SSSR count). The Hall–Kier alpha value is -3.90. The van der Waals surface area contributed by atoms with Crippen molar-refractivity contribution < 1.29 is 24.5 Å². The van der Waals surface area contributed by atoms with Crippen LogP contribution in [-0.2, 0) is 31.9 Å². The number of nitrogens with zero attached hydrogens (tertiary/aromatic N) is 3. The van der Waals surface area contributed by atoms with Crippen LogP contribution in [0.5, 0.6) is 0 Å². The van der Waals surface area contributed by atoms with Gasteiger partial charge in [0.25, 0.3) is 0 Å². The van der Waals surface area contributed by atoms with Crippen molar-refractivity contribution in [3.8, 4) is 33.8 Å². The standard InChI is InChI=1S/C27H23N2O.C22H32GeN.Ir/c1-3-18(4-2)20-15-16-28-25(17-20)23-12-8-11-21-22-13-14-24(19-9-6-5-7-10-19)29-27(22)30-26(21)23;1-16(2)12-18-14-21(24-15-20(18)23(6,7)8)17-10-9-11-19(13-17)22(3,4)5;/h5-11,13-18H,3-4H2,1-2H3;9,11,13-16H,12H2,1-8H3;/q2*-1;. The summed E-state index contributed by atoms with van der Waals surface area (Å²) >= 11 is -1.91. The fourth-order valence-corrected chi connectivity index (χ4v) is 10.5. The number of benzene rings is 3. The summed E-state index contributed by atoms with van der Waals surface area (Å²) in [6, 6.07) is 38.1. The summed E-state index contributed by atoms with van der Waals surface area (Å²) < 4.78 is 7.81. The van der Waals surface area contributed by atoms with E-state index in [9.17, 15) is 0 Å². The van der Waals surface area contributed by atoms with E-state index >= 15 is 0 Å². The summed E-state index contributed by atoms with van der Waals surface area (Å²) in [5.41, 5.74) is 11.7. The zero-order chi connectivity index (χ0) is 38.6. The van der Waals surface area contributed by atoms with Crippen molar-refractivity contribution in [2.24, 2.45) is 5.92 Å². The average Bonchev–Trinajstić information content (AvgIpc) is 3.53. The van der Waals surface area contributed by atoms with Gasteiger partial charge in [0, 0.05) is 37.3 Å². The maximum atomic E-state index is 6.27. The van der Waals surface area contributed by atoms with Gasteiger partial charge in [-0.3, -0.25) is 0 Å². The molecule has 0 amide bonds. The predicted octanol–water partition coefficient (Wildman–Crippen LogP) is 13.0. The predicted molar refractivity (Wildman–Crippen MR) is 231 cm³/mol. The number of furan rings is 1. The maximum absolute atomic E-state index is 6.27. The molecular formula is C49H55GeIrN3O-2. The van der Waals surface area contributed by atoms with Crippen molar-refractivity contribution in [3.63, 3.8) is 0 Å². The fourth-order valence-electron chi connectivity index (χ4n) is 7.19. The Bertz CT molecular complexity index is 2350.